The van der Waals surface area contributed by atoms with Gasteiger partial charge in [-0.25, -0.2) is 0 Å². The van der Waals surface area contributed by atoms with Crippen LogP contribution in [0, 0.1) is 0 Å². The Bertz CT molecular complexity index is 1160. The molecule has 1 aromatic heterocycles. The van der Waals surface area contributed by atoms with Crippen LogP contribution in [0.4, 0.5) is 13.2 Å². The van der Waals surface area contributed by atoms with Crippen molar-refractivity contribution in [2.75, 3.05) is 14.2 Å². The molecule has 192 valence electrons. The van der Waals surface area contributed by atoms with E-state index in [1.165, 1.54) is 26.4 Å². The second kappa shape index (κ2) is 11.1. The van der Waals surface area contributed by atoms with Crippen LogP contribution in [0.3, 0.4) is 0 Å². The molecule has 36 heavy (non-hydrogen) atoms. The third-order valence-corrected chi connectivity index (χ3v) is 6.78. The molecule has 4 rings (SSSR count). The SMILES string of the molecule is COc1cccc(OC)c1C(=O)N(Cc1cccn1Cc1cccc(C(F)(F)F)c1)C1CCCCC1. The summed E-state index contributed by atoms with van der Waals surface area (Å²) in [4.78, 5) is 15.9. The maximum Gasteiger partial charge on any atom is 0.416 e. The van der Waals surface area contributed by atoms with Crippen molar-refractivity contribution in [3.05, 3.63) is 83.2 Å². The lowest BCUT2D eigenvalue weighted by Crippen LogP contribution is -2.41. The molecular weight excluding hydrogens is 469 g/mol. The molecule has 0 saturated heterocycles. The van der Waals surface area contributed by atoms with E-state index in [2.05, 4.69) is 0 Å². The zero-order valence-corrected chi connectivity index (χ0v) is 20.6. The largest absolute Gasteiger partial charge is 0.496 e. The van der Waals surface area contributed by atoms with Crippen LogP contribution in [0.25, 0.3) is 0 Å². The highest BCUT2D eigenvalue weighted by Crippen LogP contribution is 2.34. The number of hydrogen-bond acceptors (Lipinski definition) is 3. The summed E-state index contributed by atoms with van der Waals surface area (Å²) in [6, 6.07) is 14.4. The van der Waals surface area contributed by atoms with Crippen LogP contribution in [0.2, 0.25) is 0 Å². The molecule has 0 unspecified atom stereocenters. The summed E-state index contributed by atoms with van der Waals surface area (Å²) in [6.45, 7) is 0.605. The molecule has 2 aromatic carbocycles. The fraction of sp³-hybridized carbons (Fsp3) is 0.393. The van der Waals surface area contributed by atoms with Gasteiger partial charge in [-0.3, -0.25) is 4.79 Å². The van der Waals surface area contributed by atoms with Gasteiger partial charge in [-0.2, -0.15) is 13.2 Å². The van der Waals surface area contributed by atoms with Gasteiger partial charge in [0.15, 0.2) is 0 Å². The van der Waals surface area contributed by atoms with Gasteiger partial charge in [-0.05, 0) is 54.8 Å². The molecule has 1 aliphatic rings. The minimum atomic E-state index is -4.40. The van der Waals surface area contributed by atoms with Gasteiger partial charge < -0.3 is 18.9 Å². The van der Waals surface area contributed by atoms with Crippen molar-refractivity contribution in [2.45, 2.75) is 57.4 Å². The highest BCUT2D eigenvalue weighted by Gasteiger charge is 2.32. The number of ether oxygens (including phenoxy) is 2. The molecular formula is C28H31F3N2O3. The topological polar surface area (TPSA) is 43.7 Å². The number of carbonyl (C=O) groups is 1. The molecule has 5 nitrogen and oxygen atoms in total. The van der Waals surface area contributed by atoms with E-state index in [4.69, 9.17) is 9.47 Å². The predicted octanol–water partition coefficient (Wildman–Crippen LogP) is 6.55. The first-order valence-corrected chi connectivity index (χ1v) is 12.1. The minimum absolute atomic E-state index is 0.0535. The van der Waals surface area contributed by atoms with Crippen molar-refractivity contribution < 1.29 is 27.4 Å². The summed E-state index contributed by atoms with van der Waals surface area (Å²) in [5, 5.41) is 0. The average Bonchev–Trinajstić information content (AvgIpc) is 3.32. The lowest BCUT2D eigenvalue weighted by Gasteiger charge is -2.35. The quantitative estimate of drug-likeness (QED) is 0.352. The number of amides is 1. The fourth-order valence-electron chi connectivity index (χ4n) is 4.93. The number of halogens is 3. The van der Waals surface area contributed by atoms with Gasteiger partial charge >= 0.3 is 6.18 Å². The van der Waals surface area contributed by atoms with Crippen LogP contribution in [0.1, 0.15) is 59.3 Å². The lowest BCUT2D eigenvalue weighted by molar-refractivity contribution is -0.137. The van der Waals surface area contributed by atoms with E-state index in [0.29, 0.717) is 29.2 Å². The molecule has 0 atom stereocenters. The average molecular weight is 501 g/mol. The maximum absolute atomic E-state index is 14.0. The first kappa shape index (κ1) is 25.7. The molecule has 0 spiro atoms. The maximum atomic E-state index is 14.0. The smallest absolute Gasteiger partial charge is 0.416 e. The Hall–Kier alpha value is -3.42. The lowest BCUT2D eigenvalue weighted by atomic mass is 9.93. The molecule has 0 radical (unpaired) electrons. The molecule has 3 aromatic rings. The van der Waals surface area contributed by atoms with Gasteiger partial charge in [0.25, 0.3) is 5.91 Å². The normalized spacial score (nSPS) is 14.5. The summed E-state index contributed by atoms with van der Waals surface area (Å²) in [6.07, 6.45) is 2.47. The molecule has 0 bridgehead atoms. The van der Waals surface area contributed by atoms with E-state index in [1.54, 1.807) is 24.3 Å². The summed E-state index contributed by atoms with van der Waals surface area (Å²) >= 11 is 0. The number of methoxy groups -OCH3 is 2. The first-order valence-electron chi connectivity index (χ1n) is 12.1. The molecule has 1 fully saturated rings. The zero-order valence-electron chi connectivity index (χ0n) is 20.6. The van der Waals surface area contributed by atoms with E-state index >= 15 is 0 Å². The van der Waals surface area contributed by atoms with Crippen LogP contribution >= 0.6 is 0 Å². The van der Waals surface area contributed by atoms with Gasteiger partial charge in [0, 0.05) is 24.5 Å². The van der Waals surface area contributed by atoms with Crippen molar-refractivity contribution in [2.24, 2.45) is 0 Å². The minimum Gasteiger partial charge on any atom is -0.496 e. The van der Waals surface area contributed by atoms with Crippen LogP contribution in [-0.4, -0.2) is 35.6 Å². The van der Waals surface area contributed by atoms with Gasteiger partial charge in [0.1, 0.15) is 17.1 Å². The number of benzene rings is 2. The summed E-state index contributed by atoms with van der Waals surface area (Å²) < 4.78 is 52.5. The Morgan fingerprint density at radius 2 is 1.64 bits per heavy atom. The standard InChI is InChI=1S/C28H31F3N2O3/c1-35-24-14-7-15-25(36-2)26(24)27(34)33(22-11-4-3-5-12-22)19-23-13-8-16-32(23)18-20-9-6-10-21(17-20)28(29,30)31/h6-10,13-17,22H,3-5,11-12,18-19H2,1-2H3. The van der Waals surface area contributed by atoms with Crippen molar-refractivity contribution in [1.29, 1.82) is 0 Å². The number of carbonyl (C=O) groups excluding carboxylic acids is 1. The summed E-state index contributed by atoms with van der Waals surface area (Å²) in [5.74, 6) is 0.710. The second-order valence-electron chi connectivity index (χ2n) is 9.09. The van der Waals surface area contributed by atoms with Crippen molar-refractivity contribution in [3.63, 3.8) is 0 Å². The van der Waals surface area contributed by atoms with Crippen molar-refractivity contribution >= 4 is 5.91 Å². The fourth-order valence-corrected chi connectivity index (χ4v) is 4.93. The Morgan fingerprint density at radius 3 is 2.28 bits per heavy atom. The Balaban J connectivity index is 1.65. The number of alkyl halides is 3. The molecule has 1 amide bonds. The number of nitrogens with zero attached hydrogens (tertiary/aromatic N) is 2. The number of aromatic nitrogens is 1. The molecule has 1 heterocycles. The highest BCUT2D eigenvalue weighted by atomic mass is 19.4. The third-order valence-electron chi connectivity index (χ3n) is 6.78. The van der Waals surface area contributed by atoms with Gasteiger partial charge in [0.05, 0.1) is 26.3 Å². The second-order valence-corrected chi connectivity index (χ2v) is 9.09. The van der Waals surface area contributed by atoms with Crippen LogP contribution < -0.4 is 9.47 Å². The Morgan fingerprint density at radius 1 is 0.972 bits per heavy atom. The predicted molar refractivity (Wildman–Crippen MR) is 131 cm³/mol. The van der Waals surface area contributed by atoms with E-state index in [9.17, 15) is 18.0 Å². The van der Waals surface area contributed by atoms with Crippen LogP contribution in [0.15, 0.2) is 60.8 Å². The van der Waals surface area contributed by atoms with Gasteiger partial charge in [-0.1, -0.05) is 37.5 Å². The number of rotatable bonds is 8. The van der Waals surface area contributed by atoms with Gasteiger partial charge in [-0.15, -0.1) is 0 Å². The highest BCUT2D eigenvalue weighted by molar-refractivity contribution is 6.00. The molecule has 1 aliphatic carbocycles. The first-order chi connectivity index (χ1) is 17.3. The zero-order chi connectivity index (χ0) is 25.7. The van der Waals surface area contributed by atoms with Crippen molar-refractivity contribution in [1.82, 2.24) is 9.47 Å². The molecule has 0 N–H and O–H groups in total. The Labute approximate surface area is 209 Å². The van der Waals surface area contributed by atoms with Crippen molar-refractivity contribution in [3.8, 4) is 11.5 Å². The molecule has 8 heteroatoms. The monoisotopic (exact) mass is 500 g/mol. The number of hydrogen-bond donors (Lipinski definition) is 0. The van der Waals surface area contributed by atoms with E-state index < -0.39 is 11.7 Å². The molecule has 1 saturated carbocycles. The molecule has 0 aliphatic heterocycles. The van der Waals surface area contributed by atoms with Crippen LogP contribution in [0.5, 0.6) is 11.5 Å². The summed E-state index contributed by atoms with van der Waals surface area (Å²) in [7, 11) is 3.05. The Kier molecular flexibility index (Phi) is 7.91. The van der Waals surface area contributed by atoms with E-state index in [-0.39, 0.29) is 18.5 Å². The van der Waals surface area contributed by atoms with Gasteiger partial charge in [0.2, 0.25) is 0 Å². The summed E-state index contributed by atoms with van der Waals surface area (Å²) in [5.41, 5.74) is 1.10. The van der Waals surface area contributed by atoms with E-state index in [0.717, 1.165) is 43.9 Å². The third kappa shape index (κ3) is 5.69. The van der Waals surface area contributed by atoms with Crippen LogP contribution in [-0.2, 0) is 19.3 Å². The van der Waals surface area contributed by atoms with E-state index in [1.807, 2.05) is 27.8 Å².